The molecular weight excluding hydrogens is 618 g/mol. The summed E-state index contributed by atoms with van der Waals surface area (Å²) in [6, 6.07) is 22.9. The minimum absolute atomic E-state index is 0.120. The van der Waals surface area contributed by atoms with E-state index in [2.05, 4.69) is 10.6 Å². The molecule has 0 radical (unpaired) electrons. The highest BCUT2D eigenvalue weighted by Crippen LogP contribution is 2.41. The van der Waals surface area contributed by atoms with E-state index < -0.39 is 53.2 Å². The summed E-state index contributed by atoms with van der Waals surface area (Å²) in [6.07, 6.45) is 0.348. The van der Waals surface area contributed by atoms with E-state index in [0.717, 1.165) is 16.7 Å². The lowest BCUT2D eigenvalue weighted by Gasteiger charge is -2.36. The molecule has 4 rings (SSSR count). The summed E-state index contributed by atoms with van der Waals surface area (Å²) in [5.41, 5.74) is 1.70. The molecule has 9 nitrogen and oxygen atoms in total. The molecule has 262 valence electrons. The Kier molecular flexibility index (Phi) is 11.9. The first-order valence-corrected chi connectivity index (χ1v) is 17.0. The molecule has 0 spiro atoms. The van der Waals surface area contributed by atoms with Gasteiger partial charge in [0.25, 0.3) is 0 Å². The van der Waals surface area contributed by atoms with E-state index in [0.29, 0.717) is 12.0 Å². The van der Waals surface area contributed by atoms with Gasteiger partial charge in [-0.3, -0.25) is 9.59 Å². The van der Waals surface area contributed by atoms with Crippen molar-refractivity contribution in [2.45, 2.75) is 110 Å². The molecule has 1 saturated carbocycles. The van der Waals surface area contributed by atoms with Crippen LogP contribution in [0.15, 0.2) is 84.9 Å². The van der Waals surface area contributed by atoms with E-state index in [4.69, 9.17) is 9.47 Å². The Balaban J connectivity index is 1.76. The number of benzene rings is 3. The van der Waals surface area contributed by atoms with Gasteiger partial charge in [0.15, 0.2) is 0 Å². The molecule has 0 heterocycles. The SMILES string of the molecule is Cc1ccc(C(C(=O)NC(Cc2ccccc2)C(=O)OC(C)(C)C)N(C(=O)C(Cc2ccccc2)NC(=O)OC(C)(C)C)C2CC2C)cc1. The summed E-state index contributed by atoms with van der Waals surface area (Å²) in [5, 5.41) is 5.79. The zero-order chi connectivity index (χ0) is 35.9. The number of ether oxygens (including phenoxy) is 2. The third-order valence-corrected chi connectivity index (χ3v) is 8.16. The van der Waals surface area contributed by atoms with Gasteiger partial charge in [-0.25, -0.2) is 9.59 Å². The molecule has 0 bridgehead atoms. The van der Waals surface area contributed by atoms with Crippen LogP contribution in [0.5, 0.6) is 0 Å². The molecule has 1 aliphatic carbocycles. The van der Waals surface area contributed by atoms with Crippen LogP contribution in [0.3, 0.4) is 0 Å². The van der Waals surface area contributed by atoms with Gasteiger partial charge in [0, 0.05) is 18.9 Å². The van der Waals surface area contributed by atoms with Gasteiger partial charge >= 0.3 is 12.1 Å². The second-order valence-electron chi connectivity index (χ2n) is 15.0. The van der Waals surface area contributed by atoms with Crippen LogP contribution in [0, 0.1) is 12.8 Å². The van der Waals surface area contributed by atoms with Crippen LogP contribution in [-0.4, -0.2) is 58.1 Å². The molecule has 2 N–H and O–H groups in total. The molecule has 5 unspecified atom stereocenters. The summed E-state index contributed by atoms with van der Waals surface area (Å²) in [4.78, 5) is 57.8. The van der Waals surface area contributed by atoms with Crippen molar-refractivity contribution in [2.24, 2.45) is 5.92 Å². The largest absolute Gasteiger partial charge is 0.458 e. The molecule has 3 amide bonds. The molecule has 1 aliphatic rings. The van der Waals surface area contributed by atoms with Gasteiger partial charge in [-0.15, -0.1) is 0 Å². The van der Waals surface area contributed by atoms with Crippen molar-refractivity contribution in [3.8, 4) is 0 Å². The molecule has 1 fully saturated rings. The Labute approximate surface area is 290 Å². The fourth-order valence-electron chi connectivity index (χ4n) is 5.71. The number of nitrogens with zero attached hydrogens (tertiary/aromatic N) is 1. The molecule has 0 saturated heterocycles. The highest BCUT2D eigenvalue weighted by atomic mass is 16.6. The fourth-order valence-corrected chi connectivity index (χ4v) is 5.71. The number of carbonyl (C=O) groups is 4. The Morgan fingerprint density at radius 3 is 1.69 bits per heavy atom. The predicted octanol–water partition coefficient (Wildman–Crippen LogP) is 6.48. The van der Waals surface area contributed by atoms with Crippen LogP contribution >= 0.6 is 0 Å². The van der Waals surface area contributed by atoms with Crippen molar-refractivity contribution in [3.63, 3.8) is 0 Å². The topological polar surface area (TPSA) is 114 Å². The first-order valence-electron chi connectivity index (χ1n) is 17.0. The van der Waals surface area contributed by atoms with Gasteiger partial charge in [-0.05, 0) is 77.5 Å². The minimum Gasteiger partial charge on any atom is -0.458 e. The molecule has 5 atom stereocenters. The number of hydrogen-bond acceptors (Lipinski definition) is 6. The summed E-state index contributed by atoms with van der Waals surface area (Å²) >= 11 is 0. The second-order valence-corrected chi connectivity index (χ2v) is 15.0. The number of carbonyl (C=O) groups excluding carboxylic acids is 4. The number of amides is 3. The Morgan fingerprint density at radius 2 is 1.22 bits per heavy atom. The molecule has 3 aromatic rings. The number of nitrogens with one attached hydrogen (secondary N) is 2. The van der Waals surface area contributed by atoms with Gasteiger partial charge in [0.1, 0.15) is 29.3 Å². The van der Waals surface area contributed by atoms with Crippen LogP contribution in [0.1, 0.15) is 83.2 Å². The van der Waals surface area contributed by atoms with Crippen molar-refractivity contribution >= 4 is 23.9 Å². The van der Waals surface area contributed by atoms with Crippen LogP contribution in [0.25, 0.3) is 0 Å². The summed E-state index contributed by atoms with van der Waals surface area (Å²) in [7, 11) is 0. The maximum atomic E-state index is 14.8. The van der Waals surface area contributed by atoms with Crippen LogP contribution in [-0.2, 0) is 36.7 Å². The Morgan fingerprint density at radius 1 is 0.735 bits per heavy atom. The highest BCUT2D eigenvalue weighted by molar-refractivity contribution is 5.94. The van der Waals surface area contributed by atoms with Gasteiger partial charge in [0.05, 0.1) is 0 Å². The van der Waals surface area contributed by atoms with Crippen molar-refractivity contribution in [2.75, 3.05) is 0 Å². The monoisotopic (exact) mass is 669 g/mol. The smallest absolute Gasteiger partial charge is 0.408 e. The minimum atomic E-state index is -1.09. The normalized spacial score (nSPS) is 17.6. The standard InChI is InChI=1S/C40H51N3O6/c1-26-19-21-30(22-20-26)34(35(44)41-32(37(46)48-39(3,4)5)25-29-17-13-10-14-18-29)43(33-23-27(33)2)36(45)31(24-28-15-11-9-12-16-28)42-38(47)49-40(6,7)8/h9-22,27,31-34H,23-25H2,1-8H3,(H,41,44)(H,42,47). The molecule has 9 heteroatoms. The summed E-state index contributed by atoms with van der Waals surface area (Å²) < 4.78 is 11.3. The maximum absolute atomic E-state index is 14.8. The third kappa shape index (κ3) is 11.2. The highest BCUT2D eigenvalue weighted by Gasteiger charge is 2.48. The van der Waals surface area contributed by atoms with Crippen molar-refractivity contribution in [1.29, 1.82) is 0 Å². The van der Waals surface area contributed by atoms with Crippen molar-refractivity contribution in [1.82, 2.24) is 15.5 Å². The summed E-state index contributed by atoms with van der Waals surface area (Å²) in [6.45, 7) is 14.6. The van der Waals surface area contributed by atoms with E-state index in [-0.39, 0.29) is 24.8 Å². The van der Waals surface area contributed by atoms with Crippen molar-refractivity contribution < 1.29 is 28.7 Å². The van der Waals surface area contributed by atoms with Crippen LogP contribution in [0.4, 0.5) is 4.79 Å². The number of rotatable bonds is 12. The molecule has 0 aromatic heterocycles. The van der Waals surface area contributed by atoms with E-state index in [9.17, 15) is 19.2 Å². The average molecular weight is 670 g/mol. The Hall–Kier alpha value is -4.66. The second kappa shape index (κ2) is 15.7. The Bertz CT molecular complexity index is 1580. The number of alkyl carbamates (subject to hydrolysis) is 1. The third-order valence-electron chi connectivity index (χ3n) is 8.16. The van der Waals surface area contributed by atoms with Crippen molar-refractivity contribution in [3.05, 3.63) is 107 Å². The first-order chi connectivity index (χ1) is 23.0. The van der Waals surface area contributed by atoms with Gasteiger partial charge in [-0.2, -0.15) is 0 Å². The quantitative estimate of drug-likeness (QED) is 0.214. The van der Waals surface area contributed by atoms with Crippen LogP contribution < -0.4 is 10.6 Å². The lowest BCUT2D eigenvalue weighted by molar-refractivity contribution is -0.159. The summed E-state index contributed by atoms with van der Waals surface area (Å²) in [5.74, 6) is -1.38. The van der Waals surface area contributed by atoms with E-state index in [1.165, 1.54) is 0 Å². The van der Waals surface area contributed by atoms with Gasteiger partial charge in [-0.1, -0.05) is 97.4 Å². The molecule has 49 heavy (non-hydrogen) atoms. The van der Waals surface area contributed by atoms with Gasteiger partial charge < -0.3 is 25.0 Å². The molecule has 0 aliphatic heterocycles. The average Bonchev–Trinajstić information content (AvgIpc) is 3.74. The van der Waals surface area contributed by atoms with E-state index >= 15 is 0 Å². The number of hydrogen-bond donors (Lipinski definition) is 2. The van der Waals surface area contributed by atoms with Crippen LogP contribution in [0.2, 0.25) is 0 Å². The predicted molar refractivity (Wildman–Crippen MR) is 190 cm³/mol. The fraction of sp³-hybridized carbons (Fsp3) is 0.450. The maximum Gasteiger partial charge on any atom is 0.408 e. The van der Waals surface area contributed by atoms with E-state index in [1.807, 2.05) is 98.8 Å². The molecular formula is C40H51N3O6. The number of esters is 1. The zero-order valence-electron chi connectivity index (χ0n) is 30.0. The number of aryl methyl sites for hydroxylation is 1. The van der Waals surface area contributed by atoms with E-state index in [1.54, 1.807) is 46.4 Å². The van der Waals surface area contributed by atoms with Gasteiger partial charge in [0.2, 0.25) is 11.8 Å². The zero-order valence-corrected chi connectivity index (χ0v) is 30.0. The lowest BCUT2D eigenvalue weighted by atomic mass is 9.98. The first kappa shape index (κ1) is 37.2. The molecule has 3 aromatic carbocycles. The lowest BCUT2D eigenvalue weighted by Crippen LogP contribution is -2.56.